The Balaban J connectivity index is 1.14. The number of anilines is 1. The van der Waals surface area contributed by atoms with E-state index in [1.54, 1.807) is 0 Å². The zero-order valence-corrected chi connectivity index (χ0v) is 25.6. The van der Waals surface area contributed by atoms with Gasteiger partial charge in [-0.1, -0.05) is 87.5 Å². The van der Waals surface area contributed by atoms with Crippen LogP contribution in [0.15, 0.2) is 78.9 Å². The fourth-order valence-corrected chi connectivity index (χ4v) is 7.76. The Morgan fingerprint density at radius 2 is 1.63 bits per heavy atom. The summed E-state index contributed by atoms with van der Waals surface area (Å²) in [6.45, 7) is 9.79. The van der Waals surface area contributed by atoms with Gasteiger partial charge in [0.1, 0.15) is 0 Å². The Labute approximate surface area is 255 Å². The monoisotopic (exact) mass is 583 g/mol. The van der Waals surface area contributed by atoms with Crippen LogP contribution in [0.5, 0.6) is 0 Å². The number of hydrogen-bond acceptors (Lipinski definition) is 5. The third kappa shape index (κ3) is 7.29. The van der Waals surface area contributed by atoms with Crippen LogP contribution in [0.2, 0.25) is 0 Å². The first-order valence-corrected chi connectivity index (χ1v) is 15.6. The van der Waals surface area contributed by atoms with E-state index in [-0.39, 0.29) is 24.8 Å². The highest BCUT2D eigenvalue weighted by Gasteiger charge is 2.50. The highest BCUT2D eigenvalue weighted by Crippen LogP contribution is 2.53. The van der Waals surface area contributed by atoms with Crippen LogP contribution in [0.3, 0.4) is 0 Å². The molecule has 1 saturated carbocycles. The zero-order chi connectivity index (χ0) is 30.0. The summed E-state index contributed by atoms with van der Waals surface area (Å²) < 4.78 is 13.2. The normalized spacial score (nSPS) is 28.4. The number of urea groups is 1. The quantitative estimate of drug-likeness (QED) is 0.267. The molecule has 6 rings (SSSR count). The molecule has 43 heavy (non-hydrogen) atoms. The number of ether oxygens (including phenoxy) is 2. The number of rotatable bonds is 8. The van der Waals surface area contributed by atoms with E-state index >= 15 is 0 Å². The number of aliphatic hydroxyl groups excluding tert-OH is 1. The molecular formula is C36H45N3O4. The molecule has 5 atom stereocenters. The van der Waals surface area contributed by atoms with E-state index in [9.17, 15) is 9.90 Å². The Kier molecular flexibility index (Phi) is 8.60. The molecule has 3 aromatic carbocycles. The summed E-state index contributed by atoms with van der Waals surface area (Å²) in [6, 6.07) is 26.0. The number of likely N-dealkylation sites (tertiary alicyclic amines) is 1. The van der Waals surface area contributed by atoms with Crippen molar-refractivity contribution >= 4 is 11.7 Å². The first-order valence-electron chi connectivity index (χ1n) is 15.6. The number of fused-ring (bicyclic) bond motifs is 2. The Morgan fingerprint density at radius 1 is 0.907 bits per heavy atom. The highest BCUT2D eigenvalue weighted by molar-refractivity contribution is 5.89. The van der Waals surface area contributed by atoms with Gasteiger partial charge in [0.2, 0.25) is 0 Å². The lowest BCUT2D eigenvalue weighted by Crippen LogP contribution is -2.42. The highest BCUT2D eigenvalue weighted by atomic mass is 16.7. The lowest BCUT2D eigenvalue weighted by Gasteiger charge is -2.41. The number of hydrogen-bond donors (Lipinski definition) is 3. The molecule has 3 N–H and O–H groups in total. The van der Waals surface area contributed by atoms with Crippen LogP contribution in [0, 0.1) is 10.8 Å². The summed E-state index contributed by atoms with van der Waals surface area (Å²) in [5, 5.41) is 15.4. The van der Waals surface area contributed by atoms with Crippen molar-refractivity contribution in [2.24, 2.45) is 10.8 Å². The van der Waals surface area contributed by atoms with Crippen LogP contribution >= 0.6 is 0 Å². The molecule has 7 heteroatoms. The molecule has 0 spiro atoms. The van der Waals surface area contributed by atoms with Gasteiger partial charge in [-0.25, -0.2) is 4.79 Å². The first-order chi connectivity index (χ1) is 20.7. The van der Waals surface area contributed by atoms with Crippen molar-refractivity contribution in [2.75, 3.05) is 18.4 Å². The van der Waals surface area contributed by atoms with Gasteiger partial charge in [-0.3, -0.25) is 4.90 Å². The van der Waals surface area contributed by atoms with Crippen molar-refractivity contribution in [1.29, 1.82) is 0 Å². The van der Waals surface area contributed by atoms with E-state index in [0.29, 0.717) is 29.1 Å². The van der Waals surface area contributed by atoms with Gasteiger partial charge in [0.15, 0.2) is 6.29 Å². The number of benzene rings is 3. The Bertz CT molecular complexity index is 1380. The molecule has 2 aliphatic heterocycles. The third-order valence-corrected chi connectivity index (χ3v) is 9.31. The van der Waals surface area contributed by atoms with Gasteiger partial charge in [0, 0.05) is 43.3 Å². The summed E-state index contributed by atoms with van der Waals surface area (Å²) in [5.41, 5.74) is 5.40. The van der Waals surface area contributed by atoms with E-state index in [0.717, 1.165) is 41.8 Å². The van der Waals surface area contributed by atoms with Gasteiger partial charge in [0.05, 0.1) is 18.8 Å². The van der Waals surface area contributed by atoms with Crippen LogP contribution < -0.4 is 10.6 Å². The molecule has 3 aliphatic rings. The first kappa shape index (κ1) is 29.8. The molecule has 2 bridgehead atoms. The van der Waals surface area contributed by atoms with Crippen molar-refractivity contribution in [1.82, 2.24) is 10.2 Å². The standard InChI is InChI=1S/C36H45N3O4/c1-35(2)18-30-19-36(3,23-35)24-39(30)21-31-17-32(27-11-9-26(22-40)10-12-27)43-33(42-31)28-13-15-29(16-14-28)38-34(41)37-20-25-7-5-4-6-8-25/h4-16,30-33,40H,17-24H2,1-3H3,(H2,37,38,41)/t30?,31-,32+,33+,36?/m0/s1. The number of carbonyl (C=O) groups excluding carboxylic acids is 1. The van der Waals surface area contributed by atoms with Gasteiger partial charge >= 0.3 is 6.03 Å². The minimum absolute atomic E-state index is 0.0221. The van der Waals surface area contributed by atoms with Crippen molar-refractivity contribution in [3.63, 3.8) is 0 Å². The van der Waals surface area contributed by atoms with Crippen LogP contribution in [0.25, 0.3) is 0 Å². The van der Waals surface area contributed by atoms with Gasteiger partial charge < -0.3 is 25.2 Å². The minimum atomic E-state index is -0.517. The van der Waals surface area contributed by atoms with Crippen LogP contribution in [-0.2, 0) is 22.6 Å². The zero-order valence-electron chi connectivity index (χ0n) is 25.6. The number of aliphatic hydroxyl groups is 1. The van der Waals surface area contributed by atoms with Gasteiger partial charge in [-0.2, -0.15) is 0 Å². The molecule has 3 aromatic rings. The van der Waals surface area contributed by atoms with Crippen molar-refractivity contribution < 1.29 is 19.4 Å². The van der Waals surface area contributed by atoms with Gasteiger partial charge in [0.25, 0.3) is 0 Å². The molecule has 2 unspecified atom stereocenters. The summed E-state index contributed by atoms with van der Waals surface area (Å²) in [4.78, 5) is 15.2. The maximum atomic E-state index is 12.5. The van der Waals surface area contributed by atoms with E-state index < -0.39 is 6.29 Å². The lowest BCUT2D eigenvalue weighted by molar-refractivity contribution is -0.253. The molecule has 7 nitrogen and oxygen atoms in total. The SMILES string of the molecule is CC1(C)CC2CC(C)(CN2C[C@@H]2C[C@H](c3ccc(CO)cc3)O[C@H](c3ccc(NC(=O)NCc4ccccc4)cc3)O2)C1. The number of amides is 2. The van der Waals surface area contributed by atoms with Crippen molar-refractivity contribution in [3.8, 4) is 0 Å². The second-order valence-corrected chi connectivity index (χ2v) is 13.9. The van der Waals surface area contributed by atoms with Gasteiger partial charge in [-0.05, 0) is 58.9 Å². The summed E-state index contributed by atoms with van der Waals surface area (Å²) >= 11 is 0. The van der Waals surface area contributed by atoms with Crippen molar-refractivity contribution in [2.45, 2.75) is 84.1 Å². The predicted molar refractivity (Wildman–Crippen MR) is 168 cm³/mol. The van der Waals surface area contributed by atoms with Crippen molar-refractivity contribution in [3.05, 3.63) is 101 Å². The van der Waals surface area contributed by atoms with Crippen LogP contribution in [-0.4, -0.2) is 41.3 Å². The second kappa shape index (κ2) is 12.4. The predicted octanol–water partition coefficient (Wildman–Crippen LogP) is 6.95. The minimum Gasteiger partial charge on any atom is -0.392 e. The molecular weight excluding hydrogens is 538 g/mol. The Hall–Kier alpha value is -3.23. The summed E-state index contributed by atoms with van der Waals surface area (Å²) in [7, 11) is 0. The lowest BCUT2D eigenvalue weighted by atomic mass is 9.65. The third-order valence-electron chi connectivity index (χ3n) is 9.31. The fourth-order valence-electron chi connectivity index (χ4n) is 7.76. The number of carbonyl (C=O) groups is 1. The van der Waals surface area contributed by atoms with Crippen LogP contribution in [0.4, 0.5) is 10.5 Å². The summed E-state index contributed by atoms with van der Waals surface area (Å²) in [5.74, 6) is 0. The van der Waals surface area contributed by atoms with E-state index in [2.05, 4.69) is 48.4 Å². The topological polar surface area (TPSA) is 83.1 Å². The molecule has 228 valence electrons. The van der Waals surface area contributed by atoms with E-state index in [4.69, 9.17) is 9.47 Å². The molecule has 2 saturated heterocycles. The smallest absolute Gasteiger partial charge is 0.319 e. The maximum absolute atomic E-state index is 12.5. The fraction of sp³-hybridized carbons (Fsp3) is 0.472. The largest absolute Gasteiger partial charge is 0.392 e. The van der Waals surface area contributed by atoms with E-state index in [1.807, 2.05) is 66.7 Å². The molecule has 0 aromatic heterocycles. The van der Waals surface area contributed by atoms with Crippen LogP contribution in [0.1, 0.15) is 81.1 Å². The Morgan fingerprint density at radius 3 is 2.35 bits per heavy atom. The molecule has 2 amide bonds. The van der Waals surface area contributed by atoms with E-state index in [1.165, 1.54) is 19.3 Å². The number of nitrogens with one attached hydrogen (secondary N) is 2. The summed E-state index contributed by atoms with van der Waals surface area (Å²) in [6.07, 6.45) is 3.93. The number of nitrogens with zero attached hydrogens (tertiary/aromatic N) is 1. The second-order valence-electron chi connectivity index (χ2n) is 13.9. The van der Waals surface area contributed by atoms with Gasteiger partial charge in [-0.15, -0.1) is 0 Å². The average Bonchev–Trinajstić information content (AvgIpc) is 3.23. The molecule has 0 radical (unpaired) electrons. The molecule has 1 aliphatic carbocycles. The molecule has 2 heterocycles. The average molecular weight is 584 g/mol. The maximum Gasteiger partial charge on any atom is 0.319 e. The molecule has 3 fully saturated rings.